The fourth-order valence-electron chi connectivity index (χ4n) is 2.66. The van der Waals surface area contributed by atoms with Gasteiger partial charge in [-0.25, -0.2) is 0 Å². The molecule has 3 N–H and O–H groups in total. The Labute approximate surface area is 145 Å². The summed E-state index contributed by atoms with van der Waals surface area (Å²) in [5.41, 5.74) is 0.759. The maximum atomic E-state index is 12.4. The lowest BCUT2D eigenvalue weighted by Crippen LogP contribution is -2.33. The molecule has 0 heterocycles. The number of aliphatic carboxylic acids is 1. The van der Waals surface area contributed by atoms with Crippen molar-refractivity contribution < 1.29 is 19.5 Å². The molecule has 0 aliphatic heterocycles. The summed E-state index contributed by atoms with van der Waals surface area (Å²) in [5, 5.41) is 14.8. The van der Waals surface area contributed by atoms with Gasteiger partial charge in [0.25, 0.3) is 5.91 Å². The normalized spacial score (nSPS) is 20.0. The lowest BCUT2D eigenvalue weighted by molar-refractivity contribution is -0.141. The highest BCUT2D eigenvalue weighted by Gasteiger charge is 2.31. The molecule has 1 aliphatic rings. The first-order chi connectivity index (χ1) is 11.3. The van der Waals surface area contributed by atoms with Crippen LogP contribution >= 0.6 is 11.6 Å². The summed E-state index contributed by atoms with van der Waals surface area (Å²) in [4.78, 5) is 35.2. The predicted octanol–water partition coefficient (Wildman–Crippen LogP) is 2.92. The van der Waals surface area contributed by atoms with Crippen LogP contribution in [0.25, 0.3) is 0 Å². The van der Waals surface area contributed by atoms with Gasteiger partial charge < -0.3 is 15.7 Å². The first-order valence-corrected chi connectivity index (χ1v) is 8.29. The summed E-state index contributed by atoms with van der Waals surface area (Å²) < 4.78 is 0. The van der Waals surface area contributed by atoms with Crippen LogP contribution in [-0.4, -0.2) is 28.9 Å². The van der Waals surface area contributed by atoms with E-state index in [-0.39, 0.29) is 34.4 Å². The summed E-state index contributed by atoms with van der Waals surface area (Å²) in [7, 11) is 0. The summed E-state index contributed by atoms with van der Waals surface area (Å²) in [5.74, 6) is -1.93. The second-order valence-corrected chi connectivity index (χ2v) is 6.76. The Morgan fingerprint density at radius 2 is 1.96 bits per heavy atom. The van der Waals surface area contributed by atoms with Crippen LogP contribution in [0.15, 0.2) is 18.2 Å². The number of amides is 2. The number of carbonyl (C=O) groups excluding carboxylic acids is 2. The van der Waals surface area contributed by atoms with Gasteiger partial charge in [-0.05, 0) is 37.5 Å². The molecule has 1 aromatic carbocycles. The summed E-state index contributed by atoms with van der Waals surface area (Å²) >= 11 is 6.09. The van der Waals surface area contributed by atoms with Crippen molar-refractivity contribution in [3.63, 3.8) is 0 Å². The zero-order chi connectivity index (χ0) is 17.9. The van der Waals surface area contributed by atoms with E-state index in [0.717, 1.165) is 0 Å². The van der Waals surface area contributed by atoms with Gasteiger partial charge in [0.05, 0.1) is 16.5 Å². The van der Waals surface area contributed by atoms with Crippen molar-refractivity contribution in [2.75, 3.05) is 5.32 Å². The molecule has 1 saturated carbocycles. The molecular formula is C17H21ClN2O4. The number of carboxylic acids is 1. The largest absolute Gasteiger partial charge is 0.481 e. The van der Waals surface area contributed by atoms with Crippen LogP contribution < -0.4 is 10.6 Å². The second-order valence-electron chi connectivity index (χ2n) is 6.36. The van der Waals surface area contributed by atoms with Gasteiger partial charge in [-0.1, -0.05) is 25.4 Å². The highest BCUT2D eigenvalue weighted by atomic mass is 35.5. The van der Waals surface area contributed by atoms with E-state index in [0.29, 0.717) is 24.9 Å². The van der Waals surface area contributed by atoms with E-state index in [1.807, 2.05) is 0 Å². The number of rotatable bonds is 5. The molecule has 0 aromatic heterocycles. The van der Waals surface area contributed by atoms with Crippen molar-refractivity contribution in [1.29, 1.82) is 0 Å². The predicted molar refractivity (Wildman–Crippen MR) is 91.2 cm³/mol. The molecule has 1 aromatic rings. The fraction of sp³-hybridized carbons (Fsp3) is 0.471. The topological polar surface area (TPSA) is 95.5 Å². The Balaban J connectivity index is 2.06. The van der Waals surface area contributed by atoms with E-state index in [1.54, 1.807) is 26.0 Å². The summed E-state index contributed by atoms with van der Waals surface area (Å²) in [6.07, 6.45) is 1.60. The Bertz CT molecular complexity index is 660. The Kier molecular flexibility index (Phi) is 5.83. The lowest BCUT2D eigenvalue weighted by atomic mass is 10.1. The highest BCUT2D eigenvalue weighted by molar-refractivity contribution is 6.34. The van der Waals surface area contributed by atoms with Crippen LogP contribution in [0.2, 0.25) is 5.02 Å². The van der Waals surface area contributed by atoms with Crippen LogP contribution in [0.4, 0.5) is 5.69 Å². The molecule has 0 unspecified atom stereocenters. The van der Waals surface area contributed by atoms with Crippen LogP contribution in [0.3, 0.4) is 0 Å². The minimum Gasteiger partial charge on any atom is -0.481 e. The van der Waals surface area contributed by atoms with E-state index in [1.165, 1.54) is 6.07 Å². The number of benzene rings is 1. The smallest absolute Gasteiger partial charge is 0.306 e. The Morgan fingerprint density at radius 1 is 1.25 bits per heavy atom. The Morgan fingerprint density at radius 3 is 2.54 bits per heavy atom. The SMILES string of the molecule is CC(C)C(=O)Nc1ccc(Cl)c(C(=O)N[C@@H]2CC[C@H](C(=O)O)C2)c1. The highest BCUT2D eigenvalue weighted by Crippen LogP contribution is 2.27. The van der Waals surface area contributed by atoms with Crippen molar-refractivity contribution in [3.8, 4) is 0 Å². The van der Waals surface area contributed by atoms with E-state index >= 15 is 0 Å². The standard InChI is InChI=1S/C17H21ClN2O4/c1-9(2)15(21)19-12-5-6-14(18)13(8-12)16(22)20-11-4-3-10(7-11)17(23)24/h5-6,8-11H,3-4,7H2,1-2H3,(H,19,21)(H,20,22)(H,23,24)/t10-,11+/m0/s1. The minimum atomic E-state index is -0.830. The molecule has 24 heavy (non-hydrogen) atoms. The van der Waals surface area contributed by atoms with Gasteiger partial charge in [0.2, 0.25) is 5.91 Å². The summed E-state index contributed by atoms with van der Waals surface area (Å²) in [6, 6.07) is 4.54. The minimum absolute atomic E-state index is 0.149. The molecule has 2 rings (SSSR count). The molecule has 2 amide bonds. The Hall–Kier alpha value is -2.08. The summed E-state index contributed by atoms with van der Waals surface area (Å²) in [6.45, 7) is 3.55. The van der Waals surface area contributed by atoms with Gasteiger partial charge in [0, 0.05) is 17.6 Å². The molecule has 6 nitrogen and oxygen atoms in total. The number of halogens is 1. The molecule has 2 atom stereocenters. The first kappa shape index (κ1) is 18.3. The third-order valence-corrected chi connectivity index (χ3v) is 4.45. The van der Waals surface area contributed by atoms with Gasteiger partial charge in [-0.15, -0.1) is 0 Å². The van der Waals surface area contributed by atoms with Crippen molar-refractivity contribution in [2.24, 2.45) is 11.8 Å². The molecular weight excluding hydrogens is 332 g/mol. The fourth-order valence-corrected chi connectivity index (χ4v) is 2.87. The third kappa shape index (κ3) is 4.47. The van der Waals surface area contributed by atoms with E-state index < -0.39 is 11.9 Å². The van der Waals surface area contributed by atoms with Crippen molar-refractivity contribution in [1.82, 2.24) is 5.32 Å². The van der Waals surface area contributed by atoms with E-state index in [4.69, 9.17) is 16.7 Å². The van der Waals surface area contributed by atoms with Gasteiger partial charge in [0.1, 0.15) is 0 Å². The third-order valence-electron chi connectivity index (χ3n) is 4.12. The van der Waals surface area contributed by atoms with Crippen LogP contribution in [0, 0.1) is 11.8 Å². The molecule has 0 radical (unpaired) electrons. The van der Waals surface area contributed by atoms with Crippen molar-refractivity contribution in [3.05, 3.63) is 28.8 Å². The van der Waals surface area contributed by atoms with Gasteiger partial charge in [-0.3, -0.25) is 14.4 Å². The molecule has 7 heteroatoms. The number of carbonyl (C=O) groups is 3. The molecule has 0 saturated heterocycles. The quantitative estimate of drug-likeness (QED) is 0.759. The maximum absolute atomic E-state index is 12.4. The van der Waals surface area contributed by atoms with Crippen molar-refractivity contribution in [2.45, 2.75) is 39.2 Å². The zero-order valence-electron chi connectivity index (χ0n) is 13.6. The monoisotopic (exact) mass is 352 g/mol. The van der Waals surface area contributed by atoms with Crippen LogP contribution in [0.5, 0.6) is 0 Å². The number of hydrogen-bond acceptors (Lipinski definition) is 3. The average molecular weight is 353 g/mol. The molecule has 1 aliphatic carbocycles. The van der Waals surface area contributed by atoms with Gasteiger partial charge >= 0.3 is 5.97 Å². The van der Waals surface area contributed by atoms with E-state index in [2.05, 4.69) is 10.6 Å². The number of hydrogen-bond donors (Lipinski definition) is 3. The lowest BCUT2D eigenvalue weighted by Gasteiger charge is -2.14. The second kappa shape index (κ2) is 7.66. The number of anilines is 1. The van der Waals surface area contributed by atoms with Crippen LogP contribution in [-0.2, 0) is 9.59 Å². The average Bonchev–Trinajstić information content (AvgIpc) is 2.97. The maximum Gasteiger partial charge on any atom is 0.306 e. The van der Waals surface area contributed by atoms with Crippen molar-refractivity contribution >= 4 is 35.1 Å². The van der Waals surface area contributed by atoms with E-state index in [9.17, 15) is 14.4 Å². The first-order valence-electron chi connectivity index (χ1n) is 7.92. The zero-order valence-corrected chi connectivity index (χ0v) is 14.4. The van der Waals surface area contributed by atoms with Crippen LogP contribution in [0.1, 0.15) is 43.5 Å². The molecule has 1 fully saturated rings. The van der Waals surface area contributed by atoms with Gasteiger partial charge in [0.15, 0.2) is 0 Å². The number of carboxylic acid groups (broad SMARTS) is 1. The molecule has 130 valence electrons. The molecule has 0 spiro atoms. The van der Waals surface area contributed by atoms with Gasteiger partial charge in [-0.2, -0.15) is 0 Å². The number of nitrogens with one attached hydrogen (secondary N) is 2. The molecule has 0 bridgehead atoms.